The van der Waals surface area contributed by atoms with Crippen molar-refractivity contribution in [2.75, 3.05) is 13.2 Å². The number of fused-ring (bicyclic) bond motifs is 1. The van der Waals surface area contributed by atoms with Crippen LogP contribution in [-0.2, 0) is 17.2 Å². The Hall–Kier alpha value is -1.79. The van der Waals surface area contributed by atoms with Crippen LogP contribution in [0, 0.1) is 11.3 Å². The van der Waals surface area contributed by atoms with Crippen LogP contribution in [0.5, 0.6) is 0 Å². The maximum Gasteiger partial charge on any atom is 0.129 e. The lowest BCUT2D eigenvalue weighted by Crippen LogP contribution is -2.45. The number of ether oxygens (including phenoxy) is 1. The van der Waals surface area contributed by atoms with Gasteiger partial charge in [0.15, 0.2) is 0 Å². The Balaban J connectivity index is 2.16. The fraction of sp³-hybridized carbons (Fsp3) is 0.308. The number of aromatic nitrogens is 1. The molecule has 0 amide bonds. The lowest BCUT2D eigenvalue weighted by Gasteiger charge is -2.35. The zero-order valence-corrected chi connectivity index (χ0v) is 9.10. The van der Waals surface area contributed by atoms with Crippen LogP contribution in [0.15, 0.2) is 30.5 Å². The second kappa shape index (κ2) is 3.10. The van der Waals surface area contributed by atoms with Crippen molar-refractivity contribution in [3.63, 3.8) is 0 Å². The second-order valence-electron chi connectivity index (χ2n) is 4.39. The lowest BCUT2D eigenvalue weighted by molar-refractivity contribution is -0.0297. The summed E-state index contributed by atoms with van der Waals surface area (Å²) in [4.78, 5) is 0. The SMILES string of the molecule is Cn1ccc2cc(C3(C#N)COC3)ccc21. The molecule has 80 valence electrons. The molecule has 1 aliphatic heterocycles. The van der Waals surface area contributed by atoms with Gasteiger partial charge in [-0.05, 0) is 29.1 Å². The summed E-state index contributed by atoms with van der Waals surface area (Å²) in [6.07, 6.45) is 2.03. The van der Waals surface area contributed by atoms with Gasteiger partial charge in [-0.1, -0.05) is 6.07 Å². The highest BCUT2D eigenvalue weighted by Crippen LogP contribution is 2.33. The van der Waals surface area contributed by atoms with E-state index in [-0.39, 0.29) is 0 Å². The lowest BCUT2D eigenvalue weighted by atomic mass is 9.80. The van der Waals surface area contributed by atoms with Gasteiger partial charge < -0.3 is 9.30 Å². The van der Waals surface area contributed by atoms with Gasteiger partial charge in [-0.3, -0.25) is 0 Å². The standard InChI is InChI=1S/C13H12N2O/c1-15-5-4-10-6-11(2-3-12(10)15)13(7-14)8-16-9-13/h2-6H,8-9H2,1H3. The van der Waals surface area contributed by atoms with Crippen LogP contribution in [0.3, 0.4) is 0 Å². The maximum atomic E-state index is 9.23. The van der Waals surface area contributed by atoms with Crippen molar-refractivity contribution < 1.29 is 4.74 Å². The van der Waals surface area contributed by atoms with Crippen molar-refractivity contribution in [3.05, 3.63) is 36.0 Å². The number of hydrogen-bond donors (Lipinski definition) is 0. The summed E-state index contributed by atoms with van der Waals surface area (Å²) in [5, 5.41) is 10.4. The molecule has 3 heteroatoms. The molecule has 1 aliphatic rings. The molecule has 0 radical (unpaired) electrons. The first-order valence-corrected chi connectivity index (χ1v) is 5.30. The van der Waals surface area contributed by atoms with Gasteiger partial charge in [0.05, 0.1) is 19.3 Å². The summed E-state index contributed by atoms with van der Waals surface area (Å²) in [5.41, 5.74) is 1.85. The van der Waals surface area contributed by atoms with Crippen molar-refractivity contribution >= 4 is 10.9 Å². The highest BCUT2D eigenvalue weighted by atomic mass is 16.5. The fourth-order valence-electron chi connectivity index (χ4n) is 2.18. The summed E-state index contributed by atoms with van der Waals surface area (Å²) in [5.74, 6) is 0. The molecule has 3 nitrogen and oxygen atoms in total. The molecule has 0 N–H and O–H groups in total. The molecule has 2 aromatic rings. The van der Waals surface area contributed by atoms with Crippen molar-refractivity contribution in [2.24, 2.45) is 7.05 Å². The molecule has 2 heterocycles. The van der Waals surface area contributed by atoms with E-state index in [4.69, 9.17) is 4.74 Å². The molecule has 3 rings (SSSR count). The first-order valence-electron chi connectivity index (χ1n) is 5.30. The van der Waals surface area contributed by atoms with Crippen LogP contribution < -0.4 is 0 Å². The minimum Gasteiger partial charge on any atom is -0.377 e. The second-order valence-corrected chi connectivity index (χ2v) is 4.39. The molecule has 0 atom stereocenters. The highest BCUT2D eigenvalue weighted by molar-refractivity contribution is 5.81. The van der Waals surface area contributed by atoms with E-state index < -0.39 is 5.41 Å². The minimum atomic E-state index is -0.413. The Bertz CT molecular complexity index is 587. The van der Waals surface area contributed by atoms with Crippen LogP contribution in [0.1, 0.15) is 5.56 Å². The van der Waals surface area contributed by atoms with Gasteiger partial charge in [0.2, 0.25) is 0 Å². The fourth-order valence-corrected chi connectivity index (χ4v) is 2.18. The zero-order valence-electron chi connectivity index (χ0n) is 9.10. The Kier molecular flexibility index (Phi) is 1.83. The molecule has 0 aliphatic carbocycles. The molecular formula is C13H12N2O. The van der Waals surface area contributed by atoms with Gasteiger partial charge >= 0.3 is 0 Å². The van der Waals surface area contributed by atoms with Crippen molar-refractivity contribution in [1.82, 2.24) is 4.57 Å². The summed E-state index contributed by atoms with van der Waals surface area (Å²) in [6.45, 7) is 1.03. The Morgan fingerprint density at radius 3 is 2.81 bits per heavy atom. The number of rotatable bonds is 1. The van der Waals surface area contributed by atoms with Gasteiger partial charge in [-0.25, -0.2) is 0 Å². The molecule has 1 aromatic carbocycles. The van der Waals surface area contributed by atoms with Crippen LogP contribution >= 0.6 is 0 Å². The average Bonchev–Trinajstić information content (AvgIpc) is 2.60. The Morgan fingerprint density at radius 2 is 2.19 bits per heavy atom. The predicted molar refractivity (Wildman–Crippen MR) is 61.0 cm³/mol. The average molecular weight is 212 g/mol. The molecule has 0 unspecified atom stereocenters. The third-order valence-corrected chi connectivity index (χ3v) is 3.35. The molecule has 0 spiro atoms. The van der Waals surface area contributed by atoms with Crippen LogP contribution in [0.4, 0.5) is 0 Å². The van der Waals surface area contributed by atoms with Gasteiger partial charge in [0.1, 0.15) is 5.41 Å². The first kappa shape index (κ1) is 9.44. The van der Waals surface area contributed by atoms with E-state index in [0.29, 0.717) is 13.2 Å². The smallest absolute Gasteiger partial charge is 0.129 e. The quantitative estimate of drug-likeness (QED) is 0.724. The zero-order chi connectivity index (χ0) is 11.2. The van der Waals surface area contributed by atoms with Crippen LogP contribution in [0.25, 0.3) is 10.9 Å². The van der Waals surface area contributed by atoms with Gasteiger partial charge in [0.25, 0.3) is 0 Å². The van der Waals surface area contributed by atoms with E-state index in [1.165, 1.54) is 10.9 Å². The van der Waals surface area contributed by atoms with Crippen molar-refractivity contribution in [1.29, 1.82) is 5.26 Å². The molecular weight excluding hydrogens is 200 g/mol. The predicted octanol–water partition coefficient (Wildman–Crippen LogP) is 1.97. The number of nitrogens with zero attached hydrogens (tertiary/aromatic N) is 2. The summed E-state index contributed by atoms with van der Waals surface area (Å²) in [7, 11) is 2.02. The molecule has 16 heavy (non-hydrogen) atoms. The number of benzene rings is 1. The van der Waals surface area contributed by atoms with E-state index in [2.05, 4.69) is 28.8 Å². The van der Waals surface area contributed by atoms with Crippen LogP contribution in [-0.4, -0.2) is 17.8 Å². The normalized spacial score (nSPS) is 18.0. The minimum absolute atomic E-state index is 0.413. The molecule has 0 bridgehead atoms. The third kappa shape index (κ3) is 1.11. The number of aryl methyl sites for hydroxylation is 1. The third-order valence-electron chi connectivity index (χ3n) is 3.35. The Labute approximate surface area is 93.9 Å². The van der Waals surface area contributed by atoms with E-state index in [1.54, 1.807) is 0 Å². The highest BCUT2D eigenvalue weighted by Gasteiger charge is 2.40. The topological polar surface area (TPSA) is 38.0 Å². The van der Waals surface area contributed by atoms with Crippen molar-refractivity contribution in [2.45, 2.75) is 5.41 Å². The first-order chi connectivity index (χ1) is 7.75. The van der Waals surface area contributed by atoms with Gasteiger partial charge in [0, 0.05) is 18.8 Å². The Morgan fingerprint density at radius 1 is 1.38 bits per heavy atom. The van der Waals surface area contributed by atoms with Gasteiger partial charge in [-0.2, -0.15) is 5.26 Å². The van der Waals surface area contributed by atoms with Crippen molar-refractivity contribution in [3.8, 4) is 6.07 Å². The maximum absolute atomic E-state index is 9.23. The summed E-state index contributed by atoms with van der Waals surface area (Å²) < 4.78 is 7.25. The number of nitriles is 1. The molecule has 1 aromatic heterocycles. The summed E-state index contributed by atoms with van der Waals surface area (Å²) in [6, 6.07) is 10.6. The molecule has 1 saturated heterocycles. The van der Waals surface area contributed by atoms with E-state index in [9.17, 15) is 5.26 Å². The van der Waals surface area contributed by atoms with E-state index >= 15 is 0 Å². The number of hydrogen-bond acceptors (Lipinski definition) is 2. The molecule has 1 fully saturated rings. The molecule has 0 saturated carbocycles. The largest absolute Gasteiger partial charge is 0.377 e. The van der Waals surface area contributed by atoms with E-state index in [1.807, 2.05) is 19.3 Å². The van der Waals surface area contributed by atoms with Gasteiger partial charge in [-0.15, -0.1) is 0 Å². The van der Waals surface area contributed by atoms with E-state index in [0.717, 1.165) is 5.56 Å². The monoisotopic (exact) mass is 212 g/mol. The van der Waals surface area contributed by atoms with Crippen LogP contribution in [0.2, 0.25) is 0 Å². The summed E-state index contributed by atoms with van der Waals surface area (Å²) >= 11 is 0.